The number of hydrogen-bond acceptors (Lipinski definition) is 4. The van der Waals surface area contributed by atoms with Gasteiger partial charge in [0.1, 0.15) is 11.7 Å². The van der Waals surface area contributed by atoms with E-state index >= 15 is 0 Å². The van der Waals surface area contributed by atoms with E-state index in [1.54, 1.807) is 4.90 Å². The van der Waals surface area contributed by atoms with E-state index in [-0.39, 0.29) is 11.4 Å². The van der Waals surface area contributed by atoms with E-state index in [0.29, 0.717) is 30.9 Å². The third-order valence-corrected chi connectivity index (χ3v) is 5.61. The number of halogens is 4. The van der Waals surface area contributed by atoms with Gasteiger partial charge in [-0.15, -0.1) is 0 Å². The molecule has 4 rings (SSSR count). The van der Waals surface area contributed by atoms with Crippen LogP contribution in [-0.4, -0.2) is 50.2 Å². The summed E-state index contributed by atoms with van der Waals surface area (Å²) in [7, 11) is 1.95. The molecule has 0 spiro atoms. The number of aliphatic imine (C=N–C) groups is 1. The molecular weight excluding hydrogens is 412 g/mol. The van der Waals surface area contributed by atoms with Crippen LogP contribution in [0.5, 0.6) is 0 Å². The zero-order valence-corrected chi connectivity index (χ0v) is 16.9. The third kappa shape index (κ3) is 4.56. The van der Waals surface area contributed by atoms with Crippen LogP contribution >= 0.6 is 0 Å². The van der Waals surface area contributed by atoms with Crippen molar-refractivity contribution in [3.05, 3.63) is 53.3 Å². The number of hydrogen-bond donors (Lipinski definition) is 1. The summed E-state index contributed by atoms with van der Waals surface area (Å²) in [6.07, 6.45) is -2.50. The fourth-order valence-electron chi connectivity index (χ4n) is 3.96. The van der Waals surface area contributed by atoms with Gasteiger partial charge in [0.05, 0.1) is 11.3 Å². The van der Waals surface area contributed by atoms with Crippen LogP contribution < -0.4 is 10.2 Å². The van der Waals surface area contributed by atoms with Crippen LogP contribution in [0, 0.1) is 5.82 Å². The van der Waals surface area contributed by atoms with E-state index < -0.39 is 29.4 Å². The molecule has 0 aliphatic carbocycles. The Kier molecular flexibility index (Phi) is 5.70. The summed E-state index contributed by atoms with van der Waals surface area (Å²) in [5.41, 5.74) is 0.345. The number of carbonyl (C=O) groups excluding carboxylic acids is 1. The summed E-state index contributed by atoms with van der Waals surface area (Å²) < 4.78 is 55.0. The predicted molar refractivity (Wildman–Crippen MR) is 112 cm³/mol. The molecule has 2 aromatic rings. The van der Waals surface area contributed by atoms with Gasteiger partial charge in [-0.2, -0.15) is 13.2 Å². The Morgan fingerprint density at radius 2 is 1.90 bits per heavy atom. The van der Waals surface area contributed by atoms with Crippen molar-refractivity contribution in [3.8, 4) is 0 Å². The molecule has 2 aliphatic rings. The minimum Gasteiger partial charge on any atom is -0.370 e. The third-order valence-electron chi connectivity index (χ3n) is 5.61. The van der Waals surface area contributed by atoms with E-state index in [9.17, 15) is 22.4 Å². The lowest BCUT2D eigenvalue weighted by Crippen LogP contribution is -2.30. The molecular formula is C22H22F4N4O. The highest BCUT2D eigenvalue weighted by atomic mass is 19.4. The van der Waals surface area contributed by atoms with Crippen LogP contribution in [0.4, 0.5) is 34.6 Å². The Balaban J connectivity index is 1.63. The summed E-state index contributed by atoms with van der Waals surface area (Å²) in [4.78, 5) is 20.2. The lowest BCUT2D eigenvalue weighted by molar-refractivity contribution is -0.137. The van der Waals surface area contributed by atoms with Crippen LogP contribution in [0.2, 0.25) is 0 Å². The highest BCUT2D eigenvalue weighted by molar-refractivity contribution is 6.12. The normalized spacial score (nSPS) is 20.1. The molecule has 1 N–H and O–H groups in total. The second-order valence-corrected chi connectivity index (χ2v) is 7.82. The molecule has 9 heteroatoms. The van der Waals surface area contributed by atoms with Crippen molar-refractivity contribution in [1.82, 2.24) is 4.90 Å². The number of alkyl halides is 3. The molecule has 2 heterocycles. The van der Waals surface area contributed by atoms with Gasteiger partial charge in [-0.1, -0.05) is 0 Å². The Morgan fingerprint density at radius 3 is 2.68 bits per heavy atom. The highest BCUT2D eigenvalue weighted by Crippen LogP contribution is 2.39. The molecule has 164 valence electrons. The summed E-state index contributed by atoms with van der Waals surface area (Å²) >= 11 is 0. The Labute approximate surface area is 177 Å². The summed E-state index contributed by atoms with van der Waals surface area (Å²) in [6, 6.07) is 7.85. The molecule has 2 aliphatic heterocycles. The van der Waals surface area contributed by atoms with Gasteiger partial charge in [0, 0.05) is 37.2 Å². The average Bonchev–Trinajstić information content (AvgIpc) is 2.86. The first-order valence-electron chi connectivity index (χ1n) is 10.0. The van der Waals surface area contributed by atoms with Gasteiger partial charge >= 0.3 is 6.18 Å². The number of nitrogens with one attached hydrogen (secondary N) is 1. The van der Waals surface area contributed by atoms with E-state index in [4.69, 9.17) is 0 Å². The maximum Gasteiger partial charge on any atom is 0.418 e. The summed E-state index contributed by atoms with van der Waals surface area (Å²) in [5, 5.41) is 2.62. The van der Waals surface area contributed by atoms with Gasteiger partial charge in [0.2, 0.25) is 5.91 Å². The van der Waals surface area contributed by atoms with Crippen molar-refractivity contribution in [1.29, 1.82) is 0 Å². The number of rotatable bonds is 3. The monoisotopic (exact) mass is 434 g/mol. The van der Waals surface area contributed by atoms with Crippen molar-refractivity contribution in [2.24, 2.45) is 4.99 Å². The molecule has 2 aromatic carbocycles. The fourth-order valence-corrected chi connectivity index (χ4v) is 3.96. The van der Waals surface area contributed by atoms with Gasteiger partial charge in [0.15, 0.2) is 0 Å². The van der Waals surface area contributed by atoms with Gasteiger partial charge in [-0.05, 0) is 62.0 Å². The van der Waals surface area contributed by atoms with Gasteiger partial charge < -0.3 is 15.1 Å². The first-order chi connectivity index (χ1) is 14.7. The van der Waals surface area contributed by atoms with Crippen molar-refractivity contribution in [2.75, 3.05) is 43.4 Å². The molecule has 1 saturated heterocycles. The number of nitrogens with zero attached hydrogens (tertiary/aromatic N) is 3. The van der Waals surface area contributed by atoms with Crippen LogP contribution in [0.15, 0.2) is 41.4 Å². The molecule has 31 heavy (non-hydrogen) atoms. The number of fused-ring (bicyclic) bond motifs is 1. The molecule has 1 fully saturated rings. The smallest absolute Gasteiger partial charge is 0.370 e. The van der Waals surface area contributed by atoms with E-state index in [2.05, 4.69) is 15.2 Å². The minimum absolute atomic E-state index is 0.0840. The van der Waals surface area contributed by atoms with E-state index in [0.717, 1.165) is 19.0 Å². The van der Waals surface area contributed by atoms with Gasteiger partial charge in [0.25, 0.3) is 0 Å². The lowest BCUT2D eigenvalue weighted by Gasteiger charge is -2.26. The molecule has 1 amide bonds. The van der Waals surface area contributed by atoms with Crippen molar-refractivity contribution < 1.29 is 22.4 Å². The number of carbonyl (C=O) groups is 1. The van der Waals surface area contributed by atoms with Crippen molar-refractivity contribution >= 4 is 29.2 Å². The van der Waals surface area contributed by atoms with Crippen LogP contribution in [0.1, 0.15) is 23.5 Å². The van der Waals surface area contributed by atoms with Crippen LogP contribution in [0.3, 0.4) is 0 Å². The summed E-state index contributed by atoms with van der Waals surface area (Å²) in [6.45, 7) is 2.57. The Hall–Kier alpha value is -2.94. The van der Waals surface area contributed by atoms with Crippen molar-refractivity contribution in [2.45, 2.75) is 18.5 Å². The SMILES string of the molecule is CN1CCCN(c2ccc(N=CC3C(=O)Nc4ccc(F)cc43)cc2C(F)(F)F)CC1. The van der Waals surface area contributed by atoms with E-state index in [1.807, 2.05) is 7.05 Å². The fraction of sp³-hybridized carbons (Fsp3) is 0.364. The maximum absolute atomic E-state index is 13.8. The lowest BCUT2D eigenvalue weighted by atomic mass is 10.0. The number of benzene rings is 2. The number of likely N-dealkylation sites (N-methyl/N-ethyl adjacent to an activating group) is 1. The van der Waals surface area contributed by atoms with Crippen molar-refractivity contribution in [3.63, 3.8) is 0 Å². The first-order valence-corrected chi connectivity index (χ1v) is 10.0. The Morgan fingerprint density at radius 1 is 1.10 bits per heavy atom. The quantitative estimate of drug-likeness (QED) is 0.575. The second-order valence-electron chi connectivity index (χ2n) is 7.82. The minimum atomic E-state index is -4.54. The standard InChI is InChI=1S/C22H22F4N4O/c1-29-7-2-8-30(10-9-29)20-6-4-15(12-18(20)22(24,25)26)27-13-17-16-11-14(23)3-5-19(16)28-21(17)31/h3-6,11-13,17H,2,7-10H2,1H3,(H,28,31). The molecule has 1 atom stereocenters. The zero-order valence-electron chi connectivity index (χ0n) is 16.9. The van der Waals surface area contributed by atoms with Crippen LogP contribution in [0.25, 0.3) is 0 Å². The van der Waals surface area contributed by atoms with Crippen LogP contribution in [-0.2, 0) is 11.0 Å². The average molecular weight is 434 g/mol. The molecule has 0 saturated carbocycles. The first kappa shape index (κ1) is 21.3. The highest BCUT2D eigenvalue weighted by Gasteiger charge is 2.36. The molecule has 0 aromatic heterocycles. The molecule has 0 radical (unpaired) electrons. The molecule has 1 unspecified atom stereocenters. The topological polar surface area (TPSA) is 47.9 Å². The molecule has 0 bridgehead atoms. The predicted octanol–water partition coefficient (Wildman–Crippen LogP) is 4.42. The number of amides is 1. The number of anilines is 2. The Bertz CT molecular complexity index is 1020. The van der Waals surface area contributed by atoms with Gasteiger partial charge in [-0.3, -0.25) is 9.79 Å². The largest absolute Gasteiger partial charge is 0.418 e. The van der Waals surface area contributed by atoms with Gasteiger partial charge in [-0.25, -0.2) is 4.39 Å². The maximum atomic E-state index is 13.8. The second kappa shape index (κ2) is 8.30. The zero-order chi connectivity index (χ0) is 22.2. The van der Waals surface area contributed by atoms with E-state index in [1.165, 1.54) is 36.5 Å². The summed E-state index contributed by atoms with van der Waals surface area (Å²) in [5.74, 6) is -1.76. The molecule has 5 nitrogen and oxygen atoms in total.